The fraction of sp³-hybridized carbons (Fsp3) is 0.458. The summed E-state index contributed by atoms with van der Waals surface area (Å²) in [5.74, 6) is 1.95. The van der Waals surface area contributed by atoms with Crippen LogP contribution in [0.1, 0.15) is 60.4 Å². The van der Waals surface area contributed by atoms with Gasteiger partial charge in [-0.2, -0.15) is 4.40 Å². The van der Waals surface area contributed by atoms with E-state index >= 15 is 0 Å². The highest BCUT2D eigenvalue weighted by atomic mass is 16.3. The molecule has 3 N–H and O–H groups in total. The number of imidazole rings is 1. The smallest absolute Gasteiger partial charge is 0.296 e. The standard InChI is InChI=1S/C24H26N4O2/c29-22(27-23-10-17-8-18(11-23)13-24(30,12-17)15-23)21-19-5-1-2-7-28(19)20(26-21)9-16-4-3-6-25-14-16/h1-7,14,17-18,30H,8-13,15H2,(H,27,29)/p+1. The molecule has 4 bridgehead atoms. The lowest BCUT2D eigenvalue weighted by molar-refractivity contribution is -0.520. The van der Waals surface area contributed by atoms with E-state index in [4.69, 9.17) is 0 Å². The fourth-order valence-electron chi connectivity index (χ4n) is 6.81. The van der Waals surface area contributed by atoms with Crippen LogP contribution in [0.15, 0.2) is 48.9 Å². The van der Waals surface area contributed by atoms with Crippen molar-refractivity contribution in [2.24, 2.45) is 11.8 Å². The number of nitrogens with zero attached hydrogens (tertiary/aromatic N) is 2. The number of hydrogen-bond donors (Lipinski definition) is 3. The third kappa shape index (κ3) is 2.93. The van der Waals surface area contributed by atoms with Crippen LogP contribution < -0.4 is 9.72 Å². The molecule has 7 rings (SSSR count). The van der Waals surface area contributed by atoms with E-state index in [0.29, 0.717) is 30.4 Å². The molecular weight excluding hydrogens is 376 g/mol. The Kier molecular flexibility index (Phi) is 3.84. The maximum absolute atomic E-state index is 13.5. The van der Waals surface area contributed by atoms with Crippen LogP contribution in [0.3, 0.4) is 0 Å². The Morgan fingerprint density at radius 2 is 2.03 bits per heavy atom. The molecule has 6 heteroatoms. The number of hydrogen-bond acceptors (Lipinski definition) is 3. The van der Waals surface area contributed by atoms with Crippen LogP contribution in [0.4, 0.5) is 0 Å². The zero-order valence-corrected chi connectivity index (χ0v) is 17.0. The first-order valence-electron chi connectivity index (χ1n) is 11.0. The molecule has 0 saturated heterocycles. The maximum Gasteiger partial charge on any atom is 0.296 e. The summed E-state index contributed by atoms with van der Waals surface area (Å²) in [5, 5.41) is 14.4. The van der Waals surface area contributed by atoms with Crippen LogP contribution >= 0.6 is 0 Å². The van der Waals surface area contributed by atoms with Gasteiger partial charge in [0.25, 0.3) is 11.7 Å². The van der Waals surface area contributed by atoms with Crippen LogP contribution in [0, 0.1) is 11.8 Å². The van der Waals surface area contributed by atoms with Crippen LogP contribution in [0.5, 0.6) is 0 Å². The Morgan fingerprint density at radius 1 is 1.20 bits per heavy atom. The normalized spacial score (nSPS) is 31.9. The highest BCUT2D eigenvalue weighted by Crippen LogP contribution is 2.57. The first kappa shape index (κ1) is 18.1. The number of aromatic nitrogens is 3. The molecule has 4 saturated carbocycles. The van der Waals surface area contributed by atoms with E-state index in [9.17, 15) is 9.90 Å². The van der Waals surface area contributed by atoms with Gasteiger partial charge in [0.15, 0.2) is 5.52 Å². The number of rotatable bonds is 4. The molecule has 0 spiro atoms. The lowest BCUT2D eigenvalue weighted by atomic mass is 9.51. The Labute approximate surface area is 175 Å². The molecule has 4 aliphatic rings. The summed E-state index contributed by atoms with van der Waals surface area (Å²) in [6, 6.07) is 9.88. The van der Waals surface area contributed by atoms with Crippen molar-refractivity contribution >= 4 is 11.4 Å². The molecule has 3 aromatic heterocycles. The largest absolute Gasteiger partial charge is 0.390 e. The molecule has 4 fully saturated rings. The van der Waals surface area contributed by atoms with E-state index in [2.05, 4.69) is 19.7 Å². The minimum Gasteiger partial charge on any atom is -0.390 e. The number of carbonyl (C=O) groups is 1. The van der Waals surface area contributed by atoms with Gasteiger partial charge < -0.3 is 10.4 Å². The Hall–Kier alpha value is -2.73. The average Bonchev–Trinajstić information content (AvgIpc) is 3.05. The second-order valence-electron chi connectivity index (χ2n) is 9.86. The summed E-state index contributed by atoms with van der Waals surface area (Å²) >= 11 is 0. The van der Waals surface area contributed by atoms with Crippen molar-refractivity contribution in [3.05, 3.63) is 66.0 Å². The van der Waals surface area contributed by atoms with Crippen LogP contribution in [0.25, 0.3) is 5.52 Å². The summed E-state index contributed by atoms with van der Waals surface area (Å²) in [5.41, 5.74) is 1.70. The molecule has 0 radical (unpaired) electrons. The zero-order valence-electron chi connectivity index (χ0n) is 17.0. The minimum absolute atomic E-state index is 0.0679. The highest BCUT2D eigenvalue weighted by Gasteiger charge is 2.58. The van der Waals surface area contributed by atoms with Gasteiger partial charge in [-0.05, 0) is 74.1 Å². The first-order chi connectivity index (χ1) is 14.5. The monoisotopic (exact) mass is 403 g/mol. The lowest BCUT2D eigenvalue weighted by Crippen LogP contribution is -2.65. The van der Waals surface area contributed by atoms with Gasteiger partial charge in [0, 0.05) is 17.9 Å². The second-order valence-corrected chi connectivity index (χ2v) is 9.86. The summed E-state index contributed by atoms with van der Waals surface area (Å²) < 4.78 is 2.05. The molecule has 3 heterocycles. The first-order valence-corrected chi connectivity index (χ1v) is 11.0. The third-order valence-corrected chi connectivity index (χ3v) is 7.41. The molecule has 2 unspecified atom stereocenters. The molecular formula is C24H27N4O2+. The SMILES string of the molecule is O=C(NC12CC3CC(CC(O)(C3)C1)C2)c1[nH]c(Cc2cccnc2)[n+]2ccccc12. The number of H-pyrrole nitrogens is 1. The Bertz CT molecular complexity index is 1110. The predicted molar refractivity (Wildman–Crippen MR) is 111 cm³/mol. The van der Waals surface area contributed by atoms with Crippen molar-refractivity contribution in [3.8, 4) is 0 Å². The molecule has 1 amide bonds. The van der Waals surface area contributed by atoms with Crippen molar-refractivity contribution in [3.63, 3.8) is 0 Å². The van der Waals surface area contributed by atoms with E-state index in [0.717, 1.165) is 42.6 Å². The van der Waals surface area contributed by atoms with E-state index in [1.807, 2.05) is 42.7 Å². The maximum atomic E-state index is 13.5. The number of pyridine rings is 2. The minimum atomic E-state index is -0.588. The fourth-order valence-corrected chi connectivity index (χ4v) is 6.81. The lowest BCUT2D eigenvalue weighted by Gasteiger charge is -2.60. The van der Waals surface area contributed by atoms with Crippen LogP contribution in [0.2, 0.25) is 0 Å². The van der Waals surface area contributed by atoms with E-state index < -0.39 is 5.60 Å². The van der Waals surface area contributed by atoms with Gasteiger partial charge in [0.2, 0.25) is 5.69 Å². The van der Waals surface area contributed by atoms with Gasteiger partial charge in [-0.25, -0.2) is 4.98 Å². The molecule has 154 valence electrons. The molecule has 6 nitrogen and oxygen atoms in total. The molecule has 2 atom stereocenters. The topological polar surface area (TPSA) is 82.1 Å². The summed E-state index contributed by atoms with van der Waals surface area (Å²) in [6.45, 7) is 0. The van der Waals surface area contributed by atoms with Crippen LogP contribution in [-0.2, 0) is 6.42 Å². The predicted octanol–water partition coefficient (Wildman–Crippen LogP) is 2.55. The second kappa shape index (κ2) is 6.38. The average molecular weight is 404 g/mol. The van der Waals surface area contributed by atoms with Gasteiger partial charge >= 0.3 is 0 Å². The van der Waals surface area contributed by atoms with Gasteiger partial charge in [0.1, 0.15) is 0 Å². The van der Waals surface area contributed by atoms with E-state index in [1.165, 1.54) is 6.42 Å². The summed E-state index contributed by atoms with van der Waals surface area (Å²) in [4.78, 5) is 21.1. The number of fused-ring (bicyclic) bond motifs is 1. The molecule has 0 aliphatic heterocycles. The van der Waals surface area contributed by atoms with Crippen molar-refractivity contribution in [2.75, 3.05) is 0 Å². The molecule has 30 heavy (non-hydrogen) atoms. The summed E-state index contributed by atoms with van der Waals surface area (Å²) in [7, 11) is 0. The Balaban J connectivity index is 1.33. The van der Waals surface area contributed by atoms with Gasteiger partial charge in [-0.1, -0.05) is 12.1 Å². The van der Waals surface area contributed by atoms with Crippen molar-refractivity contribution in [2.45, 2.75) is 56.1 Å². The number of carbonyl (C=O) groups excluding carboxylic acids is 1. The molecule has 3 aromatic rings. The van der Waals surface area contributed by atoms with Crippen molar-refractivity contribution < 1.29 is 14.3 Å². The zero-order chi connectivity index (χ0) is 20.3. The van der Waals surface area contributed by atoms with Gasteiger partial charge in [0.05, 0.1) is 18.2 Å². The van der Waals surface area contributed by atoms with Gasteiger partial charge in [-0.15, -0.1) is 0 Å². The van der Waals surface area contributed by atoms with Crippen molar-refractivity contribution in [1.29, 1.82) is 0 Å². The number of amides is 1. The quantitative estimate of drug-likeness (QED) is 0.586. The van der Waals surface area contributed by atoms with Crippen molar-refractivity contribution in [1.82, 2.24) is 15.3 Å². The number of aliphatic hydroxyl groups is 1. The number of nitrogens with one attached hydrogen (secondary N) is 2. The van der Waals surface area contributed by atoms with Crippen LogP contribution in [-0.4, -0.2) is 32.1 Å². The molecule has 0 aromatic carbocycles. The third-order valence-electron chi connectivity index (χ3n) is 7.41. The molecule has 4 aliphatic carbocycles. The van der Waals surface area contributed by atoms with E-state index in [-0.39, 0.29) is 11.4 Å². The Morgan fingerprint density at radius 3 is 2.77 bits per heavy atom. The highest BCUT2D eigenvalue weighted by molar-refractivity contribution is 5.98. The summed E-state index contributed by atoms with van der Waals surface area (Å²) in [6.07, 6.45) is 12.0. The van der Waals surface area contributed by atoms with E-state index in [1.54, 1.807) is 6.20 Å². The van der Waals surface area contributed by atoms with Gasteiger partial charge in [-0.3, -0.25) is 9.78 Å². The number of aromatic amines is 1.